The molecule has 24 heavy (non-hydrogen) atoms. The maximum atomic E-state index is 12.2. The Labute approximate surface area is 149 Å². The van der Waals surface area contributed by atoms with E-state index in [0.29, 0.717) is 30.9 Å². The second kappa shape index (κ2) is 11.2. The molecule has 1 aromatic rings. The first kappa shape index (κ1) is 20.7. The molecule has 0 spiro atoms. The zero-order chi connectivity index (χ0) is 17.9. The number of aryl methyl sites for hydroxylation is 1. The number of nitrogens with zero attached hydrogens (tertiary/aromatic N) is 1. The van der Waals surface area contributed by atoms with Crippen LogP contribution in [0, 0.1) is 12.8 Å². The molecule has 0 bridgehead atoms. The quantitative estimate of drug-likeness (QED) is 0.332. The van der Waals surface area contributed by atoms with Gasteiger partial charge in [0.15, 0.2) is 0 Å². The average molecular weight is 354 g/mol. The van der Waals surface area contributed by atoms with Gasteiger partial charge in [0.05, 0.1) is 13.0 Å². The second-order valence-corrected chi connectivity index (χ2v) is 6.62. The van der Waals surface area contributed by atoms with Crippen molar-refractivity contribution in [3.8, 4) is 0 Å². The van der Waals surface area contributed by atoms with Gasteiger partial charge in [0, 0.05) is 36.1 Å². The molecular weight excluding hydrogens is 325 g/mol. The van der Waals surface area contributed by atoms with Crippen LogP contribution in [-0.4, -0.2) is 31.1 Å². The van der Waals surface area contributed by atoms with Crippen molar-refractivity contribution in [1.82, 2.24) is 0 Å². The summed E-state index contributed by atoms with van der Waals surface area (Å²) in [6, 6.07) is 8.22. The van der Waals surface area contributed by atoms with Gasteiger partial charge in [-0.1, -0.05) is 50.1 Å². The lowest BCUT2D eigenvalue weighted by atomic mass is 9.81. The summed E-state index contributed by atoms with van der Waals surface area (Å²) < 4.78 is 17.2. The average Bonchev–Trinajstić information content (AvgIpc) is 2.59. The number of benzene rings is 1. The minimum atomic E-state index is -0.307. The highest BCUT2D eigenvalue weighted by Crippen LogP contribution is 2.30. The van der Waals surface area contributed by atoms with Crippen LogP contribution in [0.15, 0.2) is 29.3 Å². The summed E-state index contributed by atoms with van der Waals surface area (Å²) in [4.78, 5) is 16.9. The van der Waals surface area contributed by atoms with Crippen LogP contribution in [0.2, 0.25) is 0 Å². The van der Waals surface area contributed by atoms with Crippen LogP contribution in [0.1, 0.15) is 50.2 Å². The van der Waals surface area contributed by atoms with Crippen LogP contribution in [0.25, 0.3) is 0 Å². The van der Waals surface area contributed by atoms with Gasteiger partial charge < -0.3 is 4.74 Å². The highest BCUT2D eigenvalue weighted by Gasteiger charge is 2.30. The number of ether oxygens (including phenoxy) is 1. The smallest absolute Gasteiger partial charge is 0.309 e. The van der Waals surface area contributed by atoms with E-state index in [0.717, 1.165) is 24.1 Å². The van der Waals surface area contributed by atoms with Crippen LogP contribution in [0.5, 0.6) is 0 Å². The standard InChI is InChI=1S/C19H28FNO2S/c1-5-7-17(21-12-6-13-24-20)18(15(3)19(22)23-4)16-10-8-14(2)9-11-16/h8-11,15,18H,5-7,12-13H2,1-4H3. The van der Waals surface area contributed by atoms with Gasteiger partial charge in [0.2, 0.25) is 0 Å². The molecule has 5 heteroatoms. The summed E-state index contributed by atoms with van der Waals surface area (Å²) in [6.45, 7) is 6.61. The molecule has 0 aromatic heterocycles. The molecule has 1 rings (SSSR count). The Balaban J connectivity index is 3.15. The van der Waals surface area contributed by atoms with E-state index >= 15 is 0 Å². The van der Waals surface area contributed by atoms with Crippen LogP contribution < -0.4 is 0 Å². The summed E-state index contributed by atoms with van der Waals surface area (Å²) in [5.74, 6) is -0.191. The number of hydrogen-bond acceptors (Lipinski definition) is 4. The Bertz CT molecular complexity index is 531. The summed E-state index contributed by atoms with van der Waals surface area (Å²) in [5, 5.41) is 0. The fourth-order valence-corrected chi connectivity index (χ4v) is 3.03. The third-order valence-corrected chi connectivity index (χ3v) is 4.51. The first-order chi connectivity index (χ1) is 11.5. The molecule has 2 unspecified atom stereocenters. The fraction of sp³-hybridized carbons (Fsp3) is 0.579. The Morgan fingerprint density at radius 1 is 1.33 bits per heavy atom. The zero-order valence-corrected chi connectivity index (χ0v) is 15.9. The van der Waals surface area contributed by atoms with E-state index in [-0.39, 0.29) is 17.8 Å². The Morgan fingerprint density at radius 2 is 2.00 bits per heavy atom. The van der Waals surface area contributed by atoms with E-state index in [1.807, 2.05) is 13.8 Å². The number of hydrogen-bond donors (Lipinski definition) is 0. The minimum absolute atomic E-state index is 0.101. The summed E-state index contributed by atoms with van der Waals surface area (Å²) in [7, 11) is 1.42. The first-order valence-corrected chi connectivity index (χ1v) is 9.34. The molecule has 0 aliphatic carbocycles. The third-order valence-electron chi connectivity index (χ3n) is 4.07. The van der Waals surface area contributed by atoms with Crippen molar-refractivity contribution in [3.05, 3.63) is 35.4 Å². The molecule has 0 saturated carbocycles. The maximum absolute atomic E-state index is 12.2. The Kier molecular flexibility index (Phi) is 9.69. The van der Waals surface area contributed by atoms with Gasteiger partial charge in [-0.25, -0.2) is 0 Å². The number of halogens is 1. The molecule has 2 atom stereocenters. The highest BCUT2D eigenvalue weighted by atomic mass is 32.2. The molecule has 0 saturated heterocycles. The van der Waals surface area contributed by atoms with E-state index in [2.05, 4.69) is 31.2 Å². The van der Waals surface area contributed by atoms with Gasteiger partial charge in [-0.2, -0.15) is 3.89 Å². The molecule has 0 aliphatic heterocycles. The van der Waals surface area contributed by atoms with Crippen LogP contribution in [0.3, 0.4) is 0 Å². The van der Waals surface area contributed by atoms with Gasteiger partial charge in [-0.3, -0.25) is 9.79 Å². The Hall–Kier alpha value is -1.36. The largest absolute Gasteiger partial charge is 0.469 e. The van der Waals surface area contributed by atoms with E-state index in [4.69, 9.17) is 9.73 Å². The maximum Gasteiger partial charge on any atom is 0.309 e. The van der Waals surface area contributed by atoms with Crippen molar-refractivity contribution in [1.29, 1.82) is 0 Å². The molecule has 0 fully saturated rings. The van der Waals surface area contributed by atoms with Gasteiger partial charge in [0.25, 0.3) is 0 Å². The highest BCUT2D eigenvalue weighted by molar-refractivity contribution is 7.94. The summed E-state index contributed by atoms with van der Waals surface area (Å²) >= 11 is 0.344. The molecule has 0 aliphatic rings. The van der Waals surface area contributed by atoms with Gasteiger partial charge in [-0.05, 0) is 25.3 Å². The number of methoxy groups -OCH3 is 1. The first-order valence-electron chi connectivity index (χ1n) is 8.46. The zero-order valence-electron chi connectivity index (χ0n) is 15.0. The van der Waals surface area contributed by atoms with Gasteiger partial charge in [0.1, 0.15) is 0 Å². The van der Waals surface area contributed by atoms with E-state index in [9.17, 15) is 8.68 Å². The molecule has 3 nitrogen and oxygen atoms in total. The lowest BCUT2D eigenvalue weighted by Gasteiger charge is -2.25. The lowest BCUT2D eigenvalue weighted by molar-refractivity contribution is -0.145. The SMILES string of the molecule is CCCC(=NCCCSF)C(c1ccc(C)cc1)C(C)C(=O)OC. The van der Waals surface area contributed by atoms with Crippen molar-refractivity contribution in [3.63, 3.8) is 0 Å². The monoisotopic (exact) mass is 353 g/mol. The molecule has 0 N–H and O–H groups in total. The third kappa shape index (κ3) is 6.27. The number of aliphatic imine (C=N–C) groups is 1. The number of rotatable bonds is 10. The van der Waals surface area contributed by atoms with E-state index in [1.165, 1.54) is 12.7 Å². The van der Waals surface area contributed by atoms with Crippen LogP contribution in [-0.2, 0) is 9.53 Å². The summed E-state index contributed by atoms with van der Waals surface area (Å²) in [5.41, 5.74) is 3.26. The van der Waals surface area contributed by atoms with E-state index in [1.54, 1.807) is 0 Å². The van der Waals surface area contributed by atoms with E-state index < -0.39 is 0 Å². The predicted octanol–water partition coefficient (Wildman–Crippen LogP) is 5.14. The minimum Gasteiger partial charge on any atom is -0.469 e. The topological polar surface area (TPSA) is 38.7 Å². The number of carbonyl (C=O) groups is 1. The fourth-order valence-electron chi connectivity index (χ4n) is 2.80. The van der Waals surface area contributed by atoms with Gasteiger partial charge >= 0.3 is 5.97 Å². The molecule has 0 amide bonds. The molecule has 134 valence electrons. The Morgan fingerprint density at radius 3 is 2.54 bits per heavy atom. The van der Waals surface area contributed by atoms with Gasteiger partial charge in [-0.15, -0.1) is 0 Å². The number of esters is 1. The normalized spacial score (nSPS) is 14.3. The second-order valence-electron chi connectivity index (χ2n) is 5.99. The van der Waals surface area contributed by atoms with Crippen molar-refractivity contribution in [2.75, 3.05) is 19.4 Å². The van der Waals surface area contributed by atoms with Crippen LogP contribution >= 0.6 is 12.1 Å². The lowest BCUT2D eigenvalue weighted by Crippen LogP contribution is -2.27. The van der Waals surface area contributed by atoms with Crippen molar-refractivity contribution in [2.45, 2.75) is 46.0 Å². The van der Waals surface area contributed by atoms with Crippen molar-refractivity contribution in [2.24, 2.45) is 10.9 Å². The predicted molar refractivity (Wildman–Crippen MR) is 100 cm³/mol. The summed E-state index contributed by atoms with van der Waals surface area (Å²) in [6.07, 6.45) is 2.47. The molecule has 0 heterocycles. The molecule has 1 aromatic carbocycles. The number of carbonyl (C=O) groups excluding carboxylic acids is 1. The van der Waals surface area contributed by atoms with Crippen molar-refractivity contribution < 1.29 is 13.4 Å². The molecular formula is C19H28FNO2S. The van der Waals surface area contributed by atoms with Crippen LogP contribution in [0.4, 0.5) is 3.89 Å². The molecule has 0 radical (unpaired) electrons. The van der Waals surface area contributed by atoms with Crippen molar-refractivity contribution >= 4 is 23.8 Å².